The lowest BCUT2D eigenvalue weighted by atomic mass is 10.0. The van der Waals surface area contributed by atoms with Crippen LogP contribution in [0.15, 0.2) is 60.7 Å². The van der Waals surface area contributed by atoms with Crippen LogP contribution in [-0.2, 0) is 29.1 Å². The van der Waals surface area contributed by atoms with Crippen LogP contribution < -0.4 is 5.32 Å². The fourth-order valence-corrected chi connectivity index (χ4v) is 4.93. The first-order chi connectivity index (χ1) is 16.1. The van der Waals surface area contributed by atoms with Gasteiger partial charge in [-0.1, -0.05) is 60.7 Å². The zero-order valence-electron chi connectivity index (χ0n) is 18.5. The number of hydrogen-bond acceptors (Lipinski definition) is 6. The Balaban J connectivity index is 1.20. The highest BCUT2D eigenvalue weighted by molar-refractivity contribution is 7.15. The van der Waals surface area contributed by atoms with E-state index in [1.54, 1.807) is 24.3 Å². The molecular formula is C26H27N3O3S. The van der Waals surface area contributed by atoms with E-state index in [4.69, 9.17) is 0 Å². The number of nitrogens with one attached hydrogen (secondary N) is 1. The van der Waals surface area contributed by atoms with Crippen molar-refractivity contribution in [3.63, 3.8) is 0 Å². The summed E-state index contributed by atoms with van der Waals surface area (Å²) in [4.78, 5) is 44.7. The summed E-state index contributed by atoms with van der Waals surface area (Å²) >= 11 is 1.51. The maximum Gasteiger partial charge on any atom is 0.226 e. The Labute approximate surface area is 197 Å². The van der Waals surface area contributed by atoms with Crippen molar-refractivity contribution in [2.75, 3.05) is 11.9 Å². The molecule has 0 aliphatic carbocycles. The van der Waals surface area contributed by atoms with Crippen LogP contribution in [0.3, 0.4) is 0 Å². The topological polar surface area (TPSA) is 79.4 Å². The van der Waals surface area contributed by atoms with Gasteiger partial charge in [-0.25, -0.2) is 4.98 Å². The summed E-state index contributed by atoms with van der Waals surface area (Å²) in [6, 6.07) is 19.3. The molecule has 0 fully saturated rings. The fourth-order valence-electron chi connectivity index (χ4n) is 3.86. The minimum Gasteiger partial charge on any atom is -0.302 e. The van der Waals surface area contributed by atoms with Crippen molar-refractivity contribution in [3.05, 3.63) is 82.4 Å². The summed E-state index contributed by atoms with van der Waals surface area (Å²) in [6.45, 7) is 2.66. The Morgan fingerprint density at radius 2 is 1.61 bits per heavy atom. The van der Waals surface area contributed by atoms with E-state index in [2.05, 4.69) is 39.5 Å². The number of carbonyl (C=O) groups excluding carboxylic acids is 3. The highest BCUT2D eigenvalue weighted by Crippen LogP contribution is 2.29. The monoisotopic (exact) mass is 461 g/mol. The van der Waals surface area contributed by atoms with E-state index in [9.17, 15) is 14.4 Å². The van der Waals surface area contributed by atoms with Crippen LogP contribution in [-0.4, -0.2) is 33.9 Å². The van der Waals surface area contributed by atoms with Gasteiger partial charge in [0, 0.05) is 62.2 Å². The highest BCUT2D eigenvalue weighted by atomic mass is 32.1. The van der Waals surface area contributed by atoms with Gasteiger partial charge < -0.3 is 5.32 Å². The van der Waals surface area contributed by atoms with E-state index in [1.807, 2.05) is 12.1 Å². The quantitative estimate of drug-likeness (QED) is 0.445. The number of aromatic nitrogens is 1. The van der Waals surface area contributed by atoms with Crippen LogP contribution in [0.25, 0.3) is 0 Å². The molecule has 0 bridgehead atoms. The van der Waals surface area contributed by atoms with Crippen molar-refractivity contribution >= 4 is 33.9 Å². The number of carbonyl (C=O) groups is 3. The zero-order chi connectivity index (χ0) is 23.0. The number of anilines is 1. The number of ketones is 2. The third-order valence-electron chi connectivity index (χ3n) is 5.66. The van der Waals surface area contributed by atoms with Gasteiger partial charge >= 0.3 is 0 Å². The minimum atomic E-state index is -0.218. The van der Waals surface area contributed by atoms with Crippen LogP contribution in [0.2, 0.25) is 0 Å². The van der Waals surface area contributed by atoms with Crippen molar-refractivity contribution in [3.8, 4) is 0 Å². The second kappa shape index (κ2) is 11.1. The Bertz CT molecular complexity index is 1110. The summed E-state index contributed by atoms with van der Waals surface area (Å²) < 4.78 is 0. The van der Waals surface area contributed by atoms with Crippen molar-refractivity contribution in [2.45, 2.75) is 45.2 Å². The van der Waals surface area contributed by atoms with Crippen LogP contribution in [0.5, 0.6) is 0 Å². The molecule has 2 heterocycles. The molecule has 7 heteroatoms. The largest absolute Gasteiger partial charge is 0.302 e. The molecule has 1 N–H and O–H groups in total. The Morgan fingerprint density at radius 1 is 0.909 bits per heavy atom. The third kappa shape index (κ3) is 6.66. The maximum atomic E-state index is 12.3. The lowest BCUT2D eigenvalue weighted by Crippen LogP contribution is -2.29. The predicted molar refractivity (Wildman–Crippen MR) is 129 cm³/mol. The molecule has 170 valence electrons. The molecule has 4 rings (SSSR count). The number of hydrogen-bond donors (Lipinski definition) is 1. The average molecular weight is 462 g/mol. The first-order valence-electron chi connectivity index (χ1n) is 11.2. The number of rotatable bonds is 10. The van der Waals surface area contributed by atoms with E-state index < -0.39 is 0 Å². The smallest absolute Gasteiger partial charge is 0.226 e. The van der Waals surface area contributed by atoms with Gasteiger partial charge in [-0.2, -0.15) is 0 Å². The summed E-state index contributed by atoms with van der Waals surface area (Å²) in [5.74, 6) is -0.350. The molecule has 1 aromatic heterocycles. The van der Waals surface area contributed by atoms with E-state index in [0.717, 1.165) is 31.7 Å². The minimum absolute atomic E-state index is 0.0527. The third-order valence-corrected chi connectivity index (χ3v) is 6.66. The first-order valence-corrected chi connectivity index (χ1v) is 12.0. The molecule has 0 atom stereocenters. The van der Waals surface area contributed by atoms with Crippen LogP contribution in [0.4, 0.5) is 5.13 Å². The van der Waals surface area contributed by atoms with Gasteiger partial charge in [0.25, 0.3) is 0 Å². The van der Waals surface area contributed by atoms with E-state index in [-0.39, 0.29) is 43.2 Å². The van der Waals surface area contributed by atoms with E-state index in [0.29, 0.717) is 10.7 Å². The molecule has 0 saturated carbocycles. The Hall–Kier alpha value is -3.16. The Kier molecular flexibility index (Phi) is 7.75. The Morgan fingerprint density at radius 3 is 2.36 bits per heavy atom. The van der Waals surface area contributed by atoms with Gasteiger partial charge in [0.15, 0.2) is 10.9 Å². The predicted octanol–water partition coefficient (Wildman–Crippen LogP) is 4.65. The maximum absolute atomic E-state index is 12.3. The molecule has 0 saturated heterocycles. The summed E-state index contributed by atoms with van der Waals surface area (Å²) in [5, 5.41) is 3.44. The SMILES string of the molecule is O=C(CCC(=O)Nc1nc2c(s1)CN(Cc1ccccc1)CC2)CCC(=O)c1ccccc1. The standard InChI is InChI=1S/C26H27N3O3S/c30-21(11-13-23(31)20-9-5-2-6-10-20)12-14-25(32)28-26-27-22-15-16-29(18-24(22)33-26)17-19-7-3-1-4-8-19/h1-10H,11-18H2,(H,27,28,32). The van der Waals surface area contributed by atoms with Crippen molar-refractivity contribution in [1.29, 1.82) is 0 Å². The van der Waals surface area contributed by atoms with Crippen LogP contribution >= 0.6 is 11.3 Å². The summed E-state index contributed by atoms with van der Waals surface area (Å²) in [5.41, 5.74) is 2.95. The molecule has 0 unspecified atom stereocenters. The van der Waals surface area contributed by atoms with Crippen molar-refractivity contribution in [2.24, 2.45) is 0 Å². The molecule has 3 aromatic rings. The number of fused-ring (bicyclic) bond motifs is 1. The normalized spacial score (nSPS) is 13.3. The van der Waals surface area contributed by atoms with Gasteiger partial charge in [0.1, 0.15) is 5.78 Å². The van der Waals surface area contributed by atoms with Crippen LogP contribution in [0, 0.1) is 0 Å². The number of amides is 1. The zero-order valence-corrected chi connectivity index (χ0v) is 19.3. The lowest BCUT2D eigenvalue weighted by Gasteiger charge is -2.25. The number of benzene rings is 2. The molecule has 33 heavy (non-hydrogen) atoms. The van der Waals surface area contributed by atoms with Gasteiger partial charge in [0.05, 0.1) is 5.69 Å². The molecule has 0 spiro atoms. The first kappa shape index (κ1) is 23.0. The molecule has 2 aromatic carbocycles. The average Bonchev–Trinajstić information content (AvgIpc) is 3.23. The molecular weight excluding hydrogens is 434 g/mol. The number of thiazole rings is 1. The van der Waals surface area contributed by atoms with Gasteiger partial charge in [-0.3, -0.25) is 19.3 Å². The van der Waals surface area contributed by atoms with Crippen LogP contribution in [0.1, 0.15) is 52.2 Å². The van der Waals surface area contributed by atoms with E-state index in [1.165, 1.54) is 21.8 Å². The lowest BCUT2D eigenvalue weighted by molar-refractivity contribution is -0.122. The van der Waals surface area contributed by atoms with Crippen molar-refractivity contribution < 1.29 is 14.4 Å². The summed E-state index contributed by atoms with van der Waals surface area (Å²) in [7, 11) is 0. The molecule has 6 nitrogen and oxygen atoms in total. The fraction of sp³-hybridized carbons (Fsp3) is 0.308. The second-order valence-corrected chi connectivity index (χ2v) is 9.29. The summed E-state index contributed by atoms with van der Waals surface area (Å²) in [6.07, 6.45) is 1.42. The highest BCUT2D eigenvalue weighted by Gasteiger charge is 2.21. The van der Waals surface area contributed by atoms with Gasteiger partial charge in [0.2, 0.25) is 5.91 Å². The molecule has 1 aliphatic heterocycles. The molecule has 0 radical (unpaired) electrons. The number of nitrogens with zero attached hydrogens (tertiary/aromatic N) is 2. The van der Waals surface area contributed by atoms with Gasteiger partial charge in [-0.15, -0.1) is 11.3 Å². The molecule has 1 amide bonds. The molecule has 1 aliphatic rings. The second-order valence-electron chi connectivity index (χ2n) is 8.21. The van der Waals surface area contributed by atoms with E-state index >= 15 is 0 Å². The number of Topliss-reactive ketones (excluding diaryl/α,β-unsaturated/α-hetero) is 2. The van der Waals surface area contributed by atoms with Crippen molar-refractivity contribution in [1.82, 2.24) is 9.88 Å². The van der Waals surface area contributed by atoms with Gasteiger partial charge in [-0.05, 0) is 5.56 Å².